The SMILES string of the molecule is Cc1nc(C)c(C(=O)C2=C(O)C(=O)N(CCC[n+]3cc[nH]c3)C2c2ccc(F)cc2)s1. The lowest BCUT2D eigenvalue weighted by molar-refractivity contribution is -0.695. The van der Waals surface area contributed by atoms with Crippen LogP contribution in [0.3, 0.4) is 0 Å². The zero-order valence-corrected chi connectivity index (χ0v) is 17.9. The number of ketones is 1. The first-order chi connectivity index (χ1) is 14.9. The van der Waals surface area contributed by atoms with Crippen LogP contribution >= 0.6 is 11.3 Å². The summed E-state index contributed by atoms with van der Waals surface area (Å²) >= 11 is 1.23. The summed E-state index contributed by atoms with van der Waals surface area (Å²) in [5.74, 6) is -2.00. The van der Waals surface area contributed by atoms with Crippen molar-refractivity contribution in [2.24, 2.45) is 0 Å². The maximum Gasteiger partial charge on any atom is 0.290 e. The molecule has 0 saturated heterocycles. The van der Waals surface area contributed by atoms with Crippen molar-refractivity contribution >= 4 is 23.0 Å². The van der Waals surface area contributed by atoms with E-state index in [1.54, 1.807) is 20.0 Å². The largest absolute Gasteiger partial charge is 0.503 e. The summed E-state index contributed by atoms with van der Waals surface area (Å²) in [4.78, 5) is 35.5. The van der Waals surface area contributed by atoms with Gasteiger partial charge in [0.05, 0.1) is 33.7 Å². The second-order valence-corrected chi connectivity index (χ2v) is 8.60. The topological polar surface area (TPSA) is 90.2 Å². The molecule has 2 aromatic heterocycles. The van der Waals surface area contributed by atoms with Crippen molar-refractivity contribution in [2.75, 3.05) is 6.54 Å². The van der Waals surface area contributed by atoms with Crippen LogP contribution in [0.4, 0.5) is 4.39 Å². The van der Waals surface area contributed by atoms with Crippen LogP contribution in [0.5, 0.6) is 0 Å². The van der Waals surface area contributed by atoms with E-state index >= 15 is 0 Å². The molecular weight excluding hydrogens is 419 g/mol. The Hall–Kier alpha value is -3.33. The molecule has 0 bridgehead atoms. The average molecular weight is 442 g/mol. The zero-order valence-electron chi connectivity index (χ0n) is 17.1. The van der Waals surface area contributed by atoms with Crippen molar-refractivity contribution in [3.8, 4) is 0 Å². The summed E-state index contributed by atoms with van der Waals surface area (Å²) in [7, 11) is 0. The van der Waals surface area contributed by atoms with Gasteiger partial charge in [-0.1, -0.05) is 12.1 Å². The van der Waals surface area contributed by atoms with Gasteiger partial charge in [-0.3, -0.25) is 14.6 Å². The van der Waals surface area contributed by atoms with Crippen LogP contribution in [0.15, 0.2) is 54.3 Å². The number of amides is 1. The van der Waals surface area contributed by atoms with Crippen molar-refractivity contribution in [1.82, 2.24) is 14.9 Å². The number of aromatic nitrogens is 3. The molecule has 1 aromatic carbocycles. The highest BCUT2D eigenvalue weighted by Gasteiger charge is 2.44. The van der Waals surface area contributed by atoms with Gasteiger partial charge in [0.15, 0.2) is 5.76 Å². The summed E-state index contributed by atoms with van der Waals surface area (Å²) in [5, 5.41) is 11.4. The van der Waals surface area contributed by atoms with E-state index in [-0.39, 0.29) is 5.57 Å². The number of nitrogens with one attached hydrogen (secondary N) is 1. The number of nitrogens with zero attached hydrogens (tertiary/aromatic N) is 3. The van der Waals surface area contributed by atoms with E-state index in [0.29, 0.717) is 35.6 Å². The molecule has 4 rings (SSSR count). The van der Waals surface area contributed by atoms with Gasteiger partial charge in [-0.25, -0.2) is 13.9 Å². The van der Waals surface area contributed by atoms with E-state index in [1.165, 1.54) is 40.5 Å². The lowest BCUT2D eigenvalue weighted by Gasteiger charge is -2.26. The summed E-state index contributed by atoms with van der Waals surface area (Å²) in [6.07, 6.45) is 6.09. The molecule has 0 saturated carbocycles. The maximum absolute atomic E-state index is 13.5. The fourth-order valence-corrected chi connectivity index (χ4v) is 4.73. The van der Waals surface area contributed by atoms with Crippen LogP contribution in [0, 0.1) is 19.7 Å². The minimum atomic E-state index is -0.793. The molecule has 0 spiro atoms. The van der Waals surface area contributed by atoms with Crippen LogP contribution in [0.1, 0.15) is 38.4 Å². The minimum absolute atomic E-state index is 0.0117. The Bertz CT molecular complexity index is 1150. The van der Waals surface area contributed by atoms with Gasteiger partial charge in [-0.05, 0) is 31.5 Å². The lowest BCUT2D eigenvalue weighted by atomic mass is 9.95. The summed E-state index contributed by atoms with van der Waals surface area (Å²) in [5.41, 5.74) is 1.13. The van der Waals surface area contributed by atoms with Gasteiger partial charge < -0.3 is 10.0 Å². The Morgan fingerprint density at radius 2 is 2.06 bits per heavy atom. The molecule has 9 heteroatoms. The van der Waals surface area contributed by atoms with Crippen molar-refractivity contribution < 1.29 is 23.7 Å². The predicted octanol–water partition coefficient (Wildman–Crippen LogP) is 3.18. The molecule has 0 radical (unpaired) electrons. The third kappa shape index (κ3) is 4.00. The normalized spacial score (nSPS) is 16.4. The number of hydrogen-bond acceptors (Lipinski definition) is 5. The van der Waals surface area contributed by atoms with Crippen molar-refractivity contribution in [3.05, 3.63) is 81.3 Å². The number of carbonyl (C=O) groups excluding carboxylic acids is 2. The fourth-order valence-electron chi connectivity index (χ4n) is 3.86. The summed E-state index contributed by atoms with van der Waals surface area (Å²) in [6, 6.07) is 4.86. The quantitative estimate of drug-likeness (QED) is 0.435. The van der Waals surface area contributed by atoms with Gasteiger partial charge in [0.1, 0.15) is 18.2 Å². The highest BCUT2D eigenvalue weighted by Crippen LogP contribution is 2.40. The van der Waals surface area contributed by atoms with E-state index in [4.69, 9.17) is 0 Å². The van der Waals surface area contributed by atoms with E-state index < -0.39 is 29.3 Å². The van der Waals surface area contributed by atoms with Gasteiger partial charge in [0.25, 0.3) is 5.91 Å². The van der Waals surface area contributed by atoms with Crippen LogP contribution in [-0.4, -0.2) is 38.2 Å². The lowest BCUT2D eigenvalue weighted by Crippen LogP contribution is -2.36. The van der Waals surface area contributed by atoms with Crippen molar-refractivity contribution in [1.29, 1.82) is 0 Å². The van der Waals surface area contributed by atoms with Gasteiger partial charge in [0.2, 0.25) is 12.1 Å². The van der Waals surface area contributed by atoms with Crippen molar-refractivity contribution in [3.63, 3.8) is 0 Å². The first kappa shape index (κ1) is 20.9. The smallest absolute Gasteiger partial charge is 0.290 e. The standard InChI is InChI=1S/C22H21FN4O3S/c1-13-21(31-14(2)25-13)19(28)17-18(15-4-6-16(23)7-5-15)27(22(30)20(17)29)10-3-9-26-11-8-24-12-26/h4-8,11-12,18H,3,9-10H2,1-2H3,(H,28,29)/p+1. The van der Waals surface area contributed by atoms with Crippen LogP contribution < -0.4 is 4.57 Å². The number of thiazole rings is 1. The van der Waals surface area contributed by atoms with Crippen molar-refractivity contribution in [2.45, 2.75) is 32.9 Å². The Balaban J connectivity index is 1.69. The van der Waals surface area contributed by atoms with E-state index in [2.05, 4.69) is 9.97 Å². The molecule has 2 N–H and O–H groups in total. The number of hydrogen-bond donors (Lipinski definition) is 2. The zero-order chi connectivity index (χ0) is 22.1. The molecule has 7 nitrogen and oxygen atoms in total. The third-order valence-electron chi connectivity index (χ3n) is 5.26. The molecule has 3 aromatic rings. The number of aromatic amines is 1. The van der Waals surface area contributed by atoms with Gasteiger partial charge >= 0.3 is 0 Å². The molecule has 0 fully saturated rings. The molecule has 1 amide bonds. The number of imidazole rings is 1. The molecule has 1 aliphatic rings. The number of carbonyl (C=O) groups is 2. The first-order valence-electron chi connectivity index (χ1n) is 9.87. The van der Waals surface area contributed by atoms with Crippen LogP contribution in [0.2, 0.25) is 0 Å². The molecule has 1 aliphatic heterocycles. The second-order valence-electron chi connectivity index (χ2n) is 7.39. The highest BCUT2D eigenvalue weighted by molar-refractivity contribution is 7.14. The average Bonchev–Trinajstić information content (AvgIpc) is 3.43. The molecule has 3 heterocycles. The number of H-pyrrole nitrogens is 1. The van der Waals surface area contributed by atoms with E-state index in [9.17, 15) is 19.1 Å². The molecular formula is C22H22FN4O3S+. The number of aliphatic hydroxyl groups excluding tert-OH is 1. The first-order valence-corrected chi connectivity index (χ1v) is 10.7. The fraction of sp³-hybridized carbons (Fsp3) is 0.273. The monoisotopic (exact) mass is 441 g/mol. The van der Waals surface area contributed by atoms with Gasteiger partial charge in [0, 0.05) is 13.0 Å². The number of benzene rings is 1. The molecule has 160 valence electrons. The number of rotatable bonds is 7. The molecule has 1 atom stereocenters. The van der Waals surface area contributed by atoms with Crippen LogP contribution in [-0.2, 0) is 11.3 Å². The maximum atomic E-state index is 13.5. The Labute approximate surface area is 182 Å². The second kappa shape index (κ2) is 8.43. The highest BCUT2D eigenvalue weighted by atomic mass is 32.1. The summed E-state index contributed by atoms with van der Waals surface area (Å²) in [6.45, 7) is 4.50. The van der Waals surface area contributed by atoms with E-state index in [0.717, 1.165) is 5.01 Å². The number of halogens is 1. The number of aryl methyl sites for hydroxylation is 3. The summed E-state index contributed by atoms with van der Waals surface area (Å²) < 4.78 is 15.5. The number of aliphatic hydroxyl groups is 1. The Morgan fingerprint density at radius 3 is 2.68 bits per heavy atom. The molecule has 31 heavy (non-hydrogen) atoms. The number of Topliss-reactive ketones (excluding diaryl/α,β-unsaturated/α-hetero) is 1. The Kier molecular flexibility index (Phi) is 5.69. The predicted molar refractivity (Wildman–Crippen MR) is 112 cm³/mol. The van der Waals surface area contributed by atoms with Crippen LogP contribution in [0.25, 0.3) is 0 Å². The van der Waals surface area contributed by atoms with Gasteiger partial charge in [-0.2, -0.15) is 0 Å². The Morgan fingerprint density at radius 1 is 1.32 bits per heavy atom. The third-order valence-corrected chi connectivity index (χ3v) is 6.33. The molecule has 1 unspecified atom stereocenters. The minimum Gasteiger partial charge on any atom is -0.503 e. The van der Waals surface area contributed by atoms with Gasteiger partial charge in [-0.15, -0.1) is 11.3 Å². The van der Waals surface area contributed by atoms with E-state index in [1.807, 2.05) is 17.1 Å². The molecule has 0 aliphatic carbocycles.